The van der Waals surface area contributed by atoms with Crippen LogP contribution in [0.1, 0.15) is 31.0 Å². The van der Waals surface area contributed by atoms with Crippen molar-refractivity contribution < 1.29 is 0 Å². The van der Waals surface area contributed by atoms with E-state index in [1.165, 1.54) is 24.9 Å². The van der Waals surface area contributed by atoms with Crippen LogP contribution in [0.2, 0.25) is 0 Å². The van der Waals surface area contributed by atoms with Crippen LogP contribution >= 0.6 is 0 Å². The molecule has 94 valence electrons. The molecule has 1 saturated carbocycles. The maximum atomic E-state index is 4.39. The molecule has 1 aromatic heterocycles. The van der Waals surface area contributed by atoms with Gasteiger partial charge in [0.05, 0.1) is 5.69 Å². The van der Waals surface area contributed by atoms with Gasteiger partial charge >= 0.3 is 0 Å². The summed E-state index contributed by atoms with van der Waals surface area (Å²) in [6.45, 7) is 8.59. The molecule has 2 rings (SSSR count). The van der Waals surface area contributed by atoms with Gasteiger partial charge in [-0.1, -0.05) is 13.0 Å². The van der Waals surface area contributed by atoms with Gasteiger partial charge in [0.25, 0.3) is 0 Å². The largest absolute Gasteiger partial charge is 0.310 e. The lowest BCUT2D eigenvalue weighted by atomic mass is 10.3. The highest BCUT2D eigenvalue weighted by atomic mass is 15.2. The fraction of sp³-hybridized carbons (Fsp3) is 0.643. The maximum absolute atomic E-state index is 4.39. The second-order valence-corrected chi connectivity index (χ2v) is 4.86. The average molecular weight is 233 g/mol. The normalized spacial score (nSPS) is 15.5. The minimum absolute atomic E-state index is 0.874. The maximum Gasteiger partial charge on any atom is 0.0541 e. The zero-order valence-corrected chi connectivity index (χ0v) is 10.9. The number of pyridine rings is 1. The number of rotatable bonds is 7. The van der Waals surface area contributed by atoms with Crippen molar-refractivity contribution in [2.45, 2.75) is 39.3 Å². The van der Waals surface area contributed by atoms with Gasteiger partial charge in [-0.2, -0.15) is 0 Å². The molecule has 0 radical (unpaired) electrons. The highest BCUT2D eigenvalue weighted by molar-refractivity contribution is 5.11. The minimum Gasteiger partial charge on any atom is -0.310 e. The fourth-order valence-corrected chi connectivity index (χ4v) is 2.08. The molecule has 0 unspecified atom stereocenters. The SMILES string of the molecule is CCN(CCNCc1ccc(C)cn1)C1CC1. The van der Waals surface area contributed by atoms with Gasteiger partial charge < -0.3 is 5.32 Å². The third-order valence-electron chi connectivity index (χ3n) is 3.32. The van der Waals surface area contributed by atoms with Crippen molar-refractivity contribution in [1.29, 1.82) is 0 Å². The number of aryl methyl sites for hydroxylation is 1. The van der Waals surface area contributed by atoms with Crippen molar-refractivity contribution in [3.8, 4) is 0 Å². The van der Waals surface area contributed by atoms with Gasteiger partial charge in [-0.25, -0.2) is 0 Å². The van der Waals surface area contributed by atoms with Crippen molar-refractivity contribution in [2.24, 2.45) is 0 Å². The molecule has 1 aromatic rings. The van der Waals surface area contributed by atoms with Gasteiger partial charge in [0, 0.05) is 31.9 Å². The van der Waals surface area contributed by atoms with Gasteiger partial charge in [-0.3, -0.25) is 9.88 Å². The molecule has 0 saturated heterocycles. The molecule has 0 aliphatic heterocycles. The van der Waals surface area contributed by atoms with Crippen molar-refractivity contribution >= 4 is 0 Å². The van der Waals surface area contributed by atoms with E-state index in [1.54, 1.807) is 0 Å². The second-order valence-electron chi connectivity index (χ2n) is 4.86. The summed E-state index contributed by atoms with van der Waals surface area (Å²) in [5.41, 5.74) is 2.35. The Kier molecular flexibility index (Phi) is 4.51. The van der Waals surface area contributed by atoms with Gasteiger partial charge in [0.1, 0.15) is 0 Å². The Hall–Kier alpha value is -0.930. The van der Waals surface area contributed by atoms with Crippen LogP contribution in [0.25, 0.3) is 0 Å². The fourth-order valence-electron chi connectivity index (χ4n) is 2.08. The molecule has 0 spiro atoms. The highest BCUT2D eigenvalue weighted by Gasteiger charge is 2.26. The minimum atomic E-state index is 0.874. The molecule has 0 atom stereocenters. The summed E-state index contributed by atoms with van der Waals surface area (Å²) in [7, 11) is 0. The Morgan fingerprint density at radius 2 is 2.24 bits per heavy atom. The molecule has 0 aromatic carbocycles. The van der Waals surface area contributed by atoms with Crippen LogP contribution in [-0.2, 0) is 6.54 Å². The molecule has 0 bridgehead atoms. The second kappa shape index (κ2) is 6.12. The van der Waals surface area contributed by atoms with E-state index in [9.17, 15) is 0 Å². The van der Waals surface area contributed by atoms with E-state index in [0.29, 0.717) is 0 Å². The summed E-state index contributed by atoms with van der Waals surface area (Å²) in [5, 5.41) is 3.46. The Morgan fingerprint density at radius 3 is 2.82 bits per heavy atom. The van der Waals surface area contributed by atoms with Crippen LogP contribution in [0.15, 0.2) is 18.3 Å². The van der Waals surface area contributed by atoms with E-state index < -0.39 is 0 Å². The van der Waals surface area contributed by atoms with E-state index in [1.807, 2.05) is 6.20 Å². The van der Waals surface area contributed by atoms with Gasteiger partial charge in [0.15, 0.2) is 0 Å². The summed E-state index contributed by atoms with van der Waals surface area (Å²) < 4.78 is 0. The van der Waals surface area contributed by atoms with E-state index in [4.69, 9.17) is 0 Å². The van der Waals surface area contributed by atoms with Crippen molar-refractivity contribution in [2.75, 3.05) is 19.6 Å². The quantitative estimate of drug-likeness (QED) is 0.730. The number of hydrogen-bond acceptors (Lipinski definition) is 3. The lowest BCUT2D eigenvalue weighted by molar-refractivity contribution is 0.277. The van der Waals surface area contributed by atoms with Crippen LogP contribution in [0.3, 0.4) is 0 Å². The van der Waals surface area contributed by atoms with Crippen LogP contribution < -0.4 is 5.32 Å². The summed E-state index contributed by atoms with van der Waals surface area (Å²) >= 11 is 0. The number of aromatic nitrogens is 1. The first kappa shape index (κ1) is 12.5. The van der Waals surface area contributed by atoms with E-state index >= 15 is 0 Å². The van der Waals surface area contributed by atoms with Gasteiger partial charge in [-0.05, 0) is 37.9 Å². The van der Waals surface area contributed by atoms with Crippen LogP contribution in [0, 0.1) is 6.92 Å². The third kappa shape index (κ3) is 4.10. The van der Waals surface area contributed by atoms with Crippen LogP contribution in [0.5, 0.6) is 0 Å². The third-order valence-corrected chi connectivity index (χ3v) is 3.32. The Morgan fingerprint density at radius 1 is 1.41 bits per heavy atom. The zero-order chi connectivity index (χ0) is 12.1. The lowest BCUT2D eigenvalue weighted by Gasteiger charge is -2.19. The predicted octanol–water partition coefficient (Wildman–Crippen LogP) is 1.96. The molecule has 1 fully saturated rings. The smallest absolute Gasteiger partial charge is 0.0541 e. The zero-order valence-electron chi connectivity index (χ0n) is 10.9. The van der Waals surface area contributed by atoms with Crippen LogP contribution in [-0.4, -0.2) is 35.6 Å². The highest BCUT2D eigenvalue weighted by Crippen LogP contribution is 2.25. The van der Waals surface area contributed by atoms with E-state index in [0.717, 1.165) is 31.4 Å². The number of likely N-dealkylation sites (N-methyl/N-ethyl adjacent to an activating group) is 1. The monoisotopic (exact) mass is 233 g/mol. The topological polar surface area (TPSA) is 28.2 Å². The van der Waals surface area contributed by atoms with Crippen LogP contribution in [0.4, 0.5) is 0 Å². The Bertz CT molecular complexity index is 330. The number of nitrogens with zero attached hydrogens (tertiary/aromatic N) is 2. The lowest BCUT2D eigenvalue weighted by Crippen LogP contribution is -2.33. The summed E-state index contributed by atoms with van der Waals surface area (Å²) in [4.78, 5) is 6.95. The molecule has 1 N–H and O–H groups in total. The summed E-state index contributed by atoms with van der Waals surface area (Å²) in [6.07, 6.45) is 4.72. The molecule has 0 amide bonds. The summed E-state index contributed by atoms with van der Waals surface area (Å²) in [6, 6.07) is 5.09. The molecular weight excluding hydrogens is 210 g/mol. The molecule has 3 heteroatoms. The Balaban J connectivity index is 1.63. The molecule has 1 heterocycles. The van der Waals surface area contributed by atoms with Gasteiger partial charge in [-0.15, -0.1) is 0 Å². The average Bonchev–Trinajstić information content (AvgIpc) is 3.16. The van der Waals surface area contributed by atoms with Gasteiger partial charge in [0.2, 0.25) is 0 Å². The molecule has 1 aliphatic carbocycles. The first-order valence-corrected chi connectivity index (χ1v) is 6.66. The molecule has 3 nitrogen and oxygen atoms in total. The van der Waals surface area contributed by atoms with Crippen molar-refractivity contribution in [1.82, 2.24) is 15.2 Å². The Labute approximate surface area is 104 Å². The number of hydrogen-bond donors (Lipinski definition) is 1. The standard InChI is InChI=1S/C14H23N3/c1-3-17(14-6-7-14)9-8-15-11-13-5-4-12(2)10-16-13/h4-5,10,14-15H,3,6-9,11H2,1-2H3. The first-order valence-electron chi connectivity index (χ1n) is 6.66. The molecule has 1 aliphatic rings. The van der Waals surface area contributed by atoms with E-state index in [-0.39, 0.29) is 0 Å². The summed E-state index contributed by atoms with van der Waals surface area (Å²) in [5.74, 6) is 0. The first-order chi connectivity index (χ1) is 8.29. The molecule has 17 heavy (non-hydrogen) atoms. The van der Waals surface area contributed by atoms with Crippen molar-refractivity contribution in [3.63, 3.8) is 0 Å². The molecular formula is C14H23N3. The van der Waals surface area contributed by atoms with E-state index in [2.05, 4.69) is 41.2 Å². The van der Waals surface area contributed by atoms with Crippen molar-refractivity contribution in [3.05, 3.63) is 29.6 Å². The number of nitrogens with one attached hydrogen (secondary N) is 1. The predicted molar refractivity (Wildman–Crippen MR) is 70.9 cm³/mol.